The summed E-state index contributed by atoms with van der Waals surface area (Å²) >= 11 is 0. The van der Waals surface area contributed by atoms with Gasteiger partial charge < -0.3 is 19.7 Å². The second-order valence-electron chi connectivity index (χ2n) is 7.12. The number of allylic oxidation sites excluding steroid dienone is 1. The molecule has 6 nitrogen and oxygen atoms in total. The molecule has 4 rings (SSSR count). The third-order valence-electron chi connectivity index (χ3n) is 5.40. The Kier molecular flexibility index (Phi) is 5.17. The van der Waals surface area contributed by atoms with Gasteiger partial charge in [-0.2, -0.15) is 4.98 Å². The molecular formula is C19H28N4O2. The Balaban J connectivity index is 1.30. The van der Waals surface area contributed by atoms with Crippen molar-refractivity contribution in [2.75, 3.05) is 43.1 Å². The summed E-state index contributed by atoms with van der Waals surface area (Å²) in [6, 6.07) is 1.95. The number of nitrogens with zero attached hydrogens (tertiary/aromatic N) is 3. The Morgan fingerprint density at radius 2 is 2.00 bits per heavy atom. The first-order valence-corrected chi connectivity index (χ1v) is 9.61. The van der Waals surface area contributed by atoms with E-state index in [2.05, 4.69) is 21.3 Å². The molecule has 0 aromatic carbocycles. The Morgan fingerprint density at radius 1 is 1.16 bits per heavy atom. The molecule has 0 radical (unpaired) electrons. The molecule has 2 saturated heterocycles. The lowest BCUT2D eigenvalue weighted by molar-refractivity contribution is -0.169. The highest BCUT2D eigenvalue weighted by Crippen LogP contribution is 2.32. The molecule has 1 N–H and O–H groups in total. The average Bonchev–Trinajstić information content (AvgIpc) is 3.12. The van der Waals surface area contributed by atoms with Crippen molar-refractivity contribution in [2.24, 2.45) is 0 Å². The molecule has 1 aromatic heterocycles. The number of ether oxygens (including phenoxy) is 2. The second-order valence-corrected chi connectivity index (χ2v) is 7.12. The first-order chi connectivity index (χ1) is 12.3. The molecule has 0 amide bonds. The zero-order valence-electron chi connectivity index (χ0n) is 14.9. The van der Waals surface area contributed by atoms with Crippen LogP contribution in [0.3, 0.4) is 0 Å². The predicted octanol–water partition coefficient (Wildman–Crippen LogP) is 3.12. The highest BCUT2D eigenvalue weighted by atomic mass is 16.7. The van der Waals surface area contributed by atoms with Gasteiger partial charge in [0.1, 0.15) is 5.82 Å². The summed E-state index contributed by atoms with van der Waals surface area (Å²) in [5.74, 6) is 1.37. The van der Waals surface area contributed by atoms with Crippen LogP contribution in [0.2, 0.25) is 0 Å². The molecule has 6 heteroatoms. The van der Waals surface area contributed by atoms with Gasteiger partial charge in [-0.25, -0.2) is 4.98 Å². The van der Waals surface area contributed by atoms with Crippen molar-refractivity contribution in [1.29, 1.82) is 0 Å². The van der Waals surface area contributed by atoms with Gasteiger partial charge in [0.05, 0.1) is 13.2 Å². The largest absolute Gasteiger partial charge is 0.370 e. The van der Waals surface area contributed by atoms with E-state index < -0.39 is 0 Å². The van der Waals surface area contributed by atoms with Gasteiger partial charge in [-0.05, 0) is 38.2 Å². The van der Waals surface area contributed by atoms with Crippen LogP contribution in [0.15, 0.2) is 23.9 Å². The predicted molar refractivity (Wildman–Crippen MR) is 97.8 cm³/mol. The molecule has 1 aromatic rings. The van der Waals surface area contributed by atoms with Gasteiger partial charge >= 0.3 is 0 Å². The fraction of sp³-hybridized carbons (Fsp3) is 0.684. The first-order valence-electron chi connectivity index (χ1n) is 9.61. The molecule has 0 saturated carbocycles. The van der Waals surface area contributed by atoms with Crippen LogP contribution in [-0.4, -0.2) is 48.6 Å². The maximum absolute atomic E-state index is 5.79. The molecule has 25 heavy (non-hydrogen) atoms. The second kappa shape index (κ2) is 7.70. The third-order valence-corrected chi connectivity index (χ3v) is 5.40. The summed E-state index contributed by atoms with van der Waals surface area (Å²) in [6.45, 7) is 4.11. The van der Waals surface area contributed by atoms with Crippen molar-refractivity contribution >= 4 is 11.8 Å². The van der Waals surface area contributed by atoms with Crippen LogP contribution in [0.5, 0.6) is 0 Å². The lowest BCUT2D eigenvalue weighted by Gasteiger charge is -2.37. The summed E-state index contributed by atoms with van der Waals surface area (Å²) in [7, 11) is 0. The van der Waals surface area contributed by atoms with E-state index in [-0.39, 0.29) is 5.79 Å². The highest BCUT2D eigenvalue weighted by Gasteiger charge is 2.40. The third kappa shape index (κ3) is 4.12. The van der Waals surface area contributed by atoms with E-state index in [1.54, 1.807) is 5.57 Å². The standard InChI is InChI=1S/C19H28N4O2/c1-2-4-16(5-3-1)6-10-20-17-7-11-21-18(22-17)23-12-8-19(9-13-23)24-14-15-25-19/h4,7,11H,1-3,5-6,8-10,12-15H2,(H,20,21,22). The van der Waals surface area contributed by atoms with Crippen molar-refractivity contribution in [3.05, 3.63) is 23.9 Å². The molecule has 2 aliphatic heterocycles. The minimum absolute atomic E-state index is 0.347. The molecular weight excluding hydrogens is 316 g/mol. The number of rotatable bonds is 5. The quantitative estimate of drug-likeness (QED) is 0.828. The Bertz CT molecular complexity index is 603. The van der Waals surface area contributed by atoms with Gasteiger partial charge in [0.25, 0.3) is 0 Å². The summed E-state index contributed by atoms with van der Waals surface area (Å²) < 4.78 is 11.6. The number of hydrogen-bond acceptors (Lipinski definition) is 6. The van der Waals surface area contributed by atoms with E-state index in [0.717, 1.165) is 50.7 Å². The van der Waals surface area contributed by atoms with Crippen molar-refractivity contribution in [3.8, 4) is 0 Å². The normalized spacial score (nSPS) is 22.9. The Labute approximate surface area is 149 Å². The number of hydrogen-bond donors (Lipinski definition) is 1. The molecule has 0 bridgehead atoms. The van der Waals surface area contributed by atoms with Gasteiger partial charge in [-0.15, -0.1) is 0 Å². The lowest BCUT2D eigenvalue weighted by atomic mass is 9.97. The van der Waals surface area contributed by atoms with Crippen LogP contribution in [0.25, 0.3) is 0 Å². The number of aromatic nitrogens is 2. The number of nitrogens with one attached hydrogen (secondary N) is 1. The van der Waals surface area contributed by atoms with E-state index in [0.29, 0.717) is 13.2 Å². The van der Waals surface area contributed by atoms with Gasteiger partial charge in [0.15, 0.2) is 5.79 Å². The van der Waals surface area contributed by atoms with Gasteiger partial charge in [-0.3, -0.25) is 0 Å². The van der Waals surface area contributed by atoms with Crippen LogP contribution in [-0.2, 0) is 9.47 Å². The first kappa shape index (κ1) is 16.8. The summed E-state index contributed by atoms with van der Waals surface area (Å²) in [5, 5.41) is 3.45. The van der Waals surface area contributed by atoms with Crippen molar-refractivity contribution in [2.45, 2.75) is 50.7 Å². The van der Waals surface area contributed by atoms with Crippen LogP contribution in [0, 0.1) is 0 Å². The summed E-state index contributed by atoms with van der Waals surface area (Å²) in [4.78, 5) is 11.4. The zero-order chi connectivity index (χ0) is 17.0. The van der Waals surface area contributed by atoms with Gasteiger partial charge in [0.2, 0.25) is 5.95 Å². The molecule has 136 valence electrons. The smallest absolute Gasteiger partial charge is 0.227 e. The molecule has 3 aliphatic rings. The molecule has 1 aliphatic carbocycles. The van der Waals surface area contributed by atoms with Gasteiger partial charge in [-0.1, -0.05) is 11.6 Å². The van der Waals surface area contributed by atoms with Crippen LogP contribution in [0.1, 0.15) is 44.9 Å². The molecule has 1 spiro atoms. The Morgan fingerprint density at radius 3 is 2.76 bits per heavy atom. The molecule has 3 heterocycles. The summed E-state index contributed by atoms with van der Waals surface area (Å²) in [6.07, 6.45) is 12.3. The van der Waals surface area contributed by atoms with Crippen LogP contribution in [0.4, 0.5) is 11.8 Å². The van der Waals surface area contributed by atoms with E-state index in [1.165, 1.54) is 25.7 Å². The minimum Gasteiger partial charge on any atom is -0.370 e. The number of piperidine rings is 1. The zero-order valence-corrected chi connectivity index (χ0v) is 14.9. The Hall–Kier alpha value is -1.66. The maximum Gasteiger partial charge on any atom is 0.227 e. The SMILES string of the molecule is C1=C(CCNc2ccnc(N3CCC4(CC3)OCCO4)n2)CCCC1. The average molecular weight is 344 g/mol. The molecule has 2 fully saturated rings. The highest BCUT2D eigenvalue weighted by molar-refractivity contribution is 5.41. The fourth-order valence-corrected chi connectivity index (χ4v) is 3.92. The van der Waals surface area contributed by atoms with E-state index >= 15 is 0 Å². The van der Waals surface area contributed by atoms with E-state index in [1.807, 2.05) is 12.3 Å². The summed E-state index contributed by atoms with van der Waals surface area (Å²) in [5.41, 5.74) is 1.59. The van der Waals surface area contributed by atoms with Crippen molar-refractivity contribution < 1.29 is 9.47 Å². The van der Waals surface area contributed by atoms with E-state index in [4.69, 9.17) is 14.5 Å². The monoisotopic (exact) mass is 344 g/mol. The van der Waals surface area contributed by atoms with Crippen LogP contribution >= 0.6 is 0 Å². The lowest BCUT2D eigenvalue weighted by Crippen LogP contribution is -2.45. The topological polar surface area (TPSA) is 59.5 Å². The molecule has 0 atom stereocenters. The van der Waals surface area contributed by atoms with Crippen molar-refractivity contribution in [3.63, 3.8) is 0 Å². The molecule has 0 unspecified atom stereocenters. The van der Waals surface area contributed by atoms with Crippen molar-refractivity contribution in [1.82, 2.24) is 9.97 Å². The van der Waals surface area contributed by atoms with Gasteiger partial charge in [0, 0.05) is 38.7 Å². The van der Waals surface area contributed by atoms with E-state index in [9.17, 15) is 0 Å². The fourth-order valence-electron chi connectivity index (χ4n) is 3.92. The number of anilines is 2. The maximum atomic E-state index is 5.79. The minimum atomic E-state index is -0.347. The van der Waals surface area contributed by atoms with Crippen LogP contribution < -0.4 is 10.2 Å².